The highest BCUT2D eigenvalue weighted by Crippen LogP contribution is 2.28. The quantitative estimate of drug-likeness (QED) is 0.874. The summed E-state index contributed by atoms with van der Waals surface area (Å²) in [6, 6.07) is -0.717. The van der Waals surface area contributed by atoms with Crippen molar-refractivity contribution in [1.82, 2.24) is 15.3 Å². The average Bonchev–Trinajstić information content (AvgIpc) is 2.61. The fourth-order valence-corrected chi connectivity index (χ4v) is 1.25. The first kappa shape index (κ1) is 15.3. The minimum Gasteiger partial charge on any atom is -0.444 e. The Morgan fingerprint density at radius 3 is 2.42 bits per heavy atom. The summed E-state index contributed by atoms with van der Waals surface area (Å²) in [6.45, 7) is 6.56. The number of nitrogens with one attached hydrogen (secondary N) is 2. The number of hydrogen-bond acceptors (Lipinski definition) is 3. The lowest BCUT2D eigenvalue weighted by molar-refractivity contribution is -0.140. The lowest BCUT2D eigenvalue weighted by Gasteiger charge is -2.21. The van der Waals surface area contributed by atoms with Crippen LogP contribution in [0.15, 0.2) is 6.20 Å². The zero-order valence-corrected chi connectivity index (χ0v) is 11.1. The number of nitrogens with zero attached hydrogens (tertiary/aromatic N) is 1. The lowest BCUT2D eigenvalue weighted by Crippen LogP contribution is -2.34. The highest BCUT2D eigenvalue weighted by atomic mass is 19.4. The molecule has 1 atom stereocenters. The molecule has 0 unspecified atom stereocenters. The van der Waals surface area contributed by atoms with Crippen LogP contribution in [0, 0.1) is 0 Å². The topological polar surface area (TPSA) is 67.0 Å². The van der Waals surface area contributed by atoms with Gasteiger partial charge in [-0.1, -0.05) is 0 Å². The van der Waals surface area contributed by atoms with E-state index in [-0.39, 0.29) is 5.82 Å². The highest BCUT2D eigenvalue weighted by Gasteiger charge is 2.33. The van der Waals surface area contributed by atoms with Crippen LogP contribution in [0.25, 0.3) is 0 Å². The molecule has 8 heteroatoms. The van der Waals surface area contributed by atoms with Crippen molar-refractivity contribution < 1.29 is 22.7 Å². The summed E-state index contributed by atoms with van der Waals surface area (Å²) in [7, 11) is 0. The number of carbonyl (C=O) groups excluding carboxylic acids is 1. The number of aromatic amines is 1. The third-order valence-electron chi connectivity index (χ3n) is 2.04. The van der Waals surface area contributed by atoms with Gasteiger partial charge in [-0.25, -0.2) is 9.78 Å². The number of alkyl halides is 3. The number of H-pyrrole nitrogens is 1. The highest BCUT2D eigenvalue weighted by molar-refractivity contribution is 5.68. The Bertz CT molecular complexity index is 449. The van der Waals surface area contributed by atoms with Gasteiger partial charge in [-0.15, -0.1) is 0 Å². The summed E-state index contributed by atoms with van der Waals surface area (Å²) in [6.07, 6.45) is -4.52. The molecule has 19 heavy (non-hydrogen) atoms. The van der Waals surface area contributed by atoms with Gasteiger partial charge >= 0.3 is 12.3 Å². The number of rotatable bonds is 2. The molecule has 0 saturated carbocycles. The van der Waals surface area contributed by atoms with E-state index in [1.807, 2.05) is 0 Å². The van der Waals surface area contributed by atoms with Gasteiger partial charge in [-0.05, 0) is 27.7 Å². The maximum Gasteiger partial charge on any atom is 0.432 e. The van der Waals surface area contributed by atoms with Gasteiger partial charge < -0.3 is 15.0 Å². The van der Waals surface area contributed by atoms with Gasteiger partial charge in [0.25, 0.3) is 0 Å². The molecule has 0 aliphatic carbocycles. The maximum atomic E-state index is 12.4. The molecule has 0 fully saturated rings. The van der Waals surface area contributed by atoms with Crippen LogP contribution < -0.4 is 5.32 Å². The SMILES string of the molecule is C[C@H](NC(=O)OC(C)(C)C)c1ncc(C(F)(F)F)[nH]1. The molecule has 1 aromatic heterocycles. The average molecular weight is 279 g/mol. The zero-order chi connectivity index (χ0) is 14.8. The van der Waals surface area contributed by atoms with Crippen molar-refractivity contribution in [2.24, 2.45) is 0 Å². The predicted molar refractivity (Wildman–Crippen MR) is 61.4 cm³/mol. The van der Waals surface area contributed by atoms with Gasteiger partial charge in [0.1, 0.15) is 17.1 Å². The molecule has 0 aliphatic rings. The van der Waals surface area contributed by atoms with Gasteiger partial charge in [0.2, 0.25) is 0 Å². The fraction of sp³-hybridized carbons (Fsp3) is 0.636. The van der Waals surface area contributed by atoms with Gasteiger partial charge in [0, 0.05) is 0 Å². The second kappa shape index (κ2) is 5.10. The lowest BCUT2D eigenvalue weighted by atomic mass is 10.2. The Kier molecular flexibility index (Phi) is 4.12. The van der Waals surface area contributed by atoms with E-state index in [4.69, 9.17) is 4.74 Å². The molecule has 0 saturated heterocycles. The van der Waals surface area contributed by atoms with E-state index in [2.05, 4.69) is 15.3 Å². The molecular weight excluding hydrogens is 263 g/mol. The number of halogens is 3. The molecule has 0 radical (unpaired) electrons. The Labute approximate surface area is 108 Å². The molecule has 1 heterocycles. The molecule has 1 aromatic rings. The molecule has 0 spiro atoms. The van der Waals surface area contributed by atoms with E-state index in [0.717, 1.165) is 0 Å². The number of hydrogen-bond donors (Lipinski definition) is 2. The summed E-state index contributed by atoms with van der Waals surface area (Å²) in [4.78, 5) is 17.1. The minimum atomic E-state index is -4.49. The van der Waals surface area contributed by atoms with Crippen LogP contribution in [0.3, 0.4) is 0 Å². The standard InChI is InChI=1S/C11H16F3N3O2/c1-6(16-9(18)19-10(2,3)4)8-15-5-7(17-8)11(12,13)14/h5-6H,1-4H3,(H,15,17)(H,16,18)/t6-/m0/s1. The van der Waals surface area contributed by atoms with E-state index in [9.17, 15) is 18.0 Å². The zero-order valence-electron chi connectivity index (χ0n) is 11.1. The Morgan fingerprint density at radius 1 is 1.42 bits per heavy atom. The van der Waals surface area contributed by atoms with Gasteiger partial charge in [-0.3, -0.25) is 0 Å². The first-order chi connectivity index (χ1) is 8.49. The molecule has 5 nitrogen and oxygen atoms in total. The summed E-state index contributed by atoms with van der Waals surface area (Å²) < 4.78 is 42.1. The monoisotopic (exact) mass is 279 g/mol. The second-order valence-electron chi connectivity index (χ2n) is 5.05. The van der Waals surface area contributed by atoms with Crippen LogP contribution in [0.1, 0.15) is 45.3 Å². The van der Waals surface area contributed by atoms with Crippen molar-refractivity contribution in [3.05, 3.63) is 17.7 Å². The summed E-state index contributed by atoms with van der Waals surface area (Å²) in [5.41, 5.74) is -1.63. The fourth-order valence-electron chi connectivity index (χ4n) is 1.25. The van der Waals surface area contributed by atoms with E-state index < -0.39 is 29.6 Å². The molecule has 1 rings (SSSR count). The van der Waals surface area contributed by atoms with Crippen molar-refractivity contribution in [2.45, 2.75) is 45.5 Å². The number of carbonyl (C=O) groups is 1. The first-order valence-corrected chi connectivity index (χ1v) is 5.60. The Hall–Kier alpha value is -1.73. The molecular formula is C11H16F3N3O2. The molecule has 0 aromatic carbocycles. The third kappa shape index (κ3) is 4.80. The second-order valence-corrected chi connectivity index (χ2v) is 5.05. The Balaban J connectivity index is 2.66. The minimum absolute atomic E-state index is 0.0122. The first-order valence-electron chi connectivity index (χ1n) is 5.60. The smallest absolute Gasteiger partial charge is 0.432 e. The van der Waals surface area contributed by atoms with Crippen molar-refractivity contribution >= 4 is 6.09 Å². The van der Waals surface area contributed by atoms with Gasteiger partial charge in [0.05, 0.1) is 12.2 Å². The van der Waals surface area contributed by atoms with Crippen LogP contribution in [0.2, 0.25) is 0 Å². The number of alkyl carbamates (subject to hydrolysis) is 1. The van der Waals surface area contributed by atoms with Crippen molar-refractivity contribution in [2.75, 3.05) is 0 Å². The van der Waals surface area contributed by atoms with E-state index in [1.165, 1.54) is 6.92 Å². The maximum absolute atomic E-state index is 12.4. The van der Waals surface area contributed by atoms with Crippen molar-refractivity contribution in [3.8, 4) is 0 Å². The normalized spacial score (nSPS) is 14.1. The van der Waals surface area contributed by atoms with Crippen LogP contribution in [-0.4, -0.2) is 21.7 Å². The Morgan fingerprint density at radius 2 is 2.00 bits per heavy atom. The molecule has 2 N–H and O–H groups in total. The van der Waals surface area contributed by atoms with Crippen LogP contribution in [0.4, 0.5) is 18.0 Å². The number of imidazole rings is 1. The largest absolute Gasteiger partial charge is 0.444 e. The van der Waals surface area contributed by atoms with Crippen molar-refractivity contribution in [3.63, 3.8) is 0 Å². The van der Waals surface area contributed by atoms with Crippen LogP contribution >= 0.6 is 0 Å². The van der Waals surface area contributed by atoms with Gasteiger partial charge in [-0.2, -0.15) is 13.2 Å². The predicted octanol–water partition coefficient (Wildman–Crippen LogP) is 3.01. The van der Waals surface area contributed by atoms with Crippen molar-refractivity contribution in [1.29, 1.82) is 0 Å². The van der Waals surface area contributed by atoms with E-state index in [1.54, 1.807) is 20.8 Å². The molecule has 0 aliphatic heterocycles. The third-order valence-corrected chi connectivity index (χ3v) is 2.04. The van der Waals surface area contributed by atoms with E-state index in [0.29, 0.717) is 6.20 Å². The summed E-state index contributed by atoms with van der Waals surface area (Å²) >= 11 is 0. The van der Waals surface area contributed by atoms with E-state index >= 15 is 0 Å². The summed E-state index contributed by atoms with van der Waals surface area (Å²) in [5, 5.41) is 2.40. The molecule has 0 bridgehead atoms. The molecule has 108 valence electrons. The van der Waals surface area contributed by atoms with Crippen LogP contribution in [-0.2, 0) is 10.9 Å². The van der Waals surface area contributed by atoms with Crippen LogP contribution in [0.5, 0.6) is 0 Å². The molecule has 1 amide bonds. The summed E-state index contributed by atoms with van der Waals surface area (Å²) in [5.74, 6) is 0.0122. The number of amides is 1. The number of ether oxygens (including phenoxy) is 1. The van der Waals surface area contributed by atoms with Gasteiger partial charge in [0.15, 0.2) is 0 Å². The number of aromatic nitrogens is 2.